The fraction of sp³-hybridized carbons (Fsp3) is 0.273. The van der Waals surface area contributed by atoms with Crippen molar-refractivity contribution in [3.05, 3.63) is 59.7 Å². The summed E-state index contributed by atoms with van der Waals surface area (Å²) in [4.78, 5) is 19.3. The molecule has 30 heavy (non-hydrogen) atoms. The van der Waals surface area contributed by atoms with Gasteiger partial charge in [0, 0.05) is 29.9 Å². The third-order valence-electron chi connectivity index (χ3n) is 5.11. The predicted molar refractivity (Wildman–Crippen MR) is 112 cm³/mol. The monoisotopic (exact) mass is 414 g/mol. The summed E-state index contributed by atoms with van der Waals surface area (Å²) in [7, 11) is 0. The van der Waals surface area contributed by atoms with E-state index in [1.807, 2.05) is 19.1 Å². The van der Waals surface area contributed by atoms with E-state index in [-0.39, 0.29) is 5.69 Å². The molecule has 1 aliphatic heterocycles. The maximum Gasteiger partial charge on any atom is 0.416 e. The van der Waals surface area contributed by atoms with Crippen LogP contribution in [0.25, 0.3) is 10.9 Å². The molecule has 2 aromatic carbocycles. The number of pyridine rings is 1. The Kier molecular flexibility index (Phi) is 5.24. The van der Waals surface area contributed by atoms with Crippen LogP contribution in [0.4, 0.5) is 35.2 Å². The number of hydrogen-bond acceptors (Lipinski definition) is 3. The van der Waals surface area contributed by atoms with Crippen molar-refractivity contribution in [3.63, 3.8) is 0 Å². The number of benzene rings is 2. The topological polar surface area (TPSA) is 57.3 Å². The van der Waals surface area contributed by atoms with Gasteiger partial charge in [-0.15, -0.1) is 0 Å². The molecule has 156 valence electrons. The number of alkyl halides is 3. The molecule has 0 aliphatic carbocycles. The van der Waals surface area contributed by atoms with Gasteiger partial charge < -0.3 is 15.5 Å². The largest absolute Gasteiger partial charge is 0.416 e. The maximum absolute atomic E-state index is 12.6. The summed E-state index contributed by atoms with van der Waals surface area (Å²) in [5.74, 6) is 1.00. The number of carbonyl (C=O) groups excluding carboxylic acids is 1. The first-order chi connectivity index (χ1) is 14.3. The number of carbonyl (C=O) groups is 1. The Hall–Kier alpha value is -3.29. The van der Waals surface area contributed by atoms with Crippen molar-refractivity contribution in [2.75, 3.05) is 28.6 Å². The lowest BCUT2D eigenvalue weighted by atomic mass is 10.1. The Morgan fingerprint density at radius 1 is 0.967 bits per heavy atom. The van der Waals surface area contributed by atoms with Crippen LogP contribution in [0, 0.1) is 6.92 Å². The molecule has 3 aromatic rings. The van der Waals surface area contributed by atoms with Crippen molar-refractivity contribution >= 4 is 34.1 Å². The molecular weight excluding hydrogens is 393 g/mol. The summed E-state index contributed by atoms with van der Waals surface area (Å²) in [5, 5.41) is 6.15. The Morgan fingerprint density at radius 2 is 1.60 bits per heavy atom. The van der Waals surface area contributed by atoms with E-state index in [4.69, 9.17) is 4.98 Å². The minimum Gasteiger partial charge on any atom is -0.356 e. The average molecular weight is 414 g/mol. The van der Waals surface area contributed by atoms with Crippen LogP contribution >= 0.6 is 0 Å². The van der Waals surface area contributed by atoms with Gasteiger partial charge >= 0.3 is 12.2 Å². The van der Waals surface area contributed by atoms with Crippen LogP contribution in [-0.2, 0) is 6.18 Å². The molecule has 2 N–H and O–H groups in total. The van der Waals surface area contributed by atoms with Gasteiger partial charge in [-0.1, -0.05) is 0 Å². The summed E-state index contributed by atoms with van der Waals surface area (Å²) in [6.45, 7) is 4.06. The van der Waals surface area contributed by atoms with Crippen LogP contribution < -0.4 is 15.5 Å². The number of amides is 2. The number of rotatable bonds is 3. The highest BCUT2D eigenvalue weighted by Gasteiger charge is 2.30. The van der Waals surface area contributed by atoms with Crippen LogP contribution in [-0.4, -0.2) is 24.1 Å². The fourth-order valence-corrected chi connectivity index (χ4v) is 3.63. The highest BCUT2D eigenvalue weighted by atomic mass is 19.4. The zero-order valence-corrected chi connectivity index (χ0v) is 16.4. The Balaban J connectivity index is 1.46. The number of halogens is 3. The second-order valence-electron chi connectivity index (χ2n) is 7.38. The van der Waals surface area contributed by atoms with Crippen molar-refractivity contribution < 1.29 is 18.0 Å². The molecule has 1 aromatic heterocycles. The number of fused-ring (bicyclic) bond motifs is 1. The van der Waals surface area contributed by atoms with Crippen LogP contribution in [0.3, 0.4) is 0 Å². The standard InChI is InChI=1S/C22H21F3N4O/c1-14-12-15-13-18(8-9-19(15)28-20(14)29-10-2-3-11-29)27-21(30)26-17-6-4-16(5-7-17)22(23,24)25/h4-9,12-13H,2-3,10-11H2,1H3,(H2,26,27,30). The number of urea groups is 1. The second-order valence-corrected chi connectivity index (χ2v) is 7.38. The van der Waals surface area contributed by atoms with Gasteiger partial charge in [-0.05, 0) is 73.9 Å². The average Bonchev–Trinajstić information content (AvgIpc) is 3.21. The highest BCUT2D eigenvalue weighted by Crippen LogP contribution is 2.30. The molecule has 0 spiro atoms. The Morgan fingerprint density at radius 3 is 2.27 bits per heavy atom. The smallest absolute Gasteiger partial charge is 0.356 e. The molecule has 4 rings (SSSR count). The number of aromatic nitrogens is 1. The summed E-state index contributed by atoms with van der Waals surface area (Å²) < 4.78 is 37.9. The van der Waals surface area contributed by atoms with Gasteiger partial charge in [-0.3, -0.25) is 0 Å². The lowest BCUT2D eigenvalue weighted by Gasteiger charge is -2.19. The SMILES string of the molecule is Cc1cc2cc(NC(=O)Nc3ccc(C(F)(F)F)cc3)ccc2nc1N1CCCC1. The zero-order chi connectivity index (χ0) is 21.3. The van der Waals surface area contributed by atoms with Gasteiger partial charge in [0.05, 0.1) is 11.1 Å². The molecule has 0 bridgehead atoms. The molecule has 0 radical (unpaired) electrons. The van der Waals surface area contributed by atoms with Crippen molar-refractivity contribution in [1.29, 1.82) is 0 Å². The molecule has 0 atom stereocenters. The lowest BCUT2D eigenvalue weighted by molar-refractivity contribution is -0.137. The Bertz CT molecular complexity index is 1070. The second kappa shape index (κ2) is 7.85. The van der Waals surface area contributed by atoms with E-state index in [1.165, 1.54) is 25.0 Å². The van der Waals surface area contributed by atoms with E-state index in [1.54, 1.807) is 6.07 Å². The highest BCUT2D eigenvalue weighted by molar-refractivity contribution is 6.01. The van der Waals surface area contributed by atoms with Gasteiger partial charge in [-0.2, -0.15) is 13.2 Å². The first-order valence-electron chi connectivity index (χ1n) is 9.71. The fourth-order valence-electron chi connectivity index (χ4n) is 3.63. The molecule has 1 fully saturated rings. The first kappa shape index (κ1) is 20.0. The third-order valence-corrected chi connectivity index (χ3v) is 5.11. The molecule has 1 saturated heterocycles. The minimum atomic E-state index is -4.41. The van der Waals surface area contributed by atoms with Crippen LogP contribution in [0.1, 0.15) is 24.0 Å². The number of nitrogens with one attached hydrogen (secondary N) is 2. The minimum absolute atomic E-state index is 0.272. The molecule has 0 saturated carbocycles. The predicted octanol–water partition coefficient (Wildman–Crippen LogP) is 5.81. The molecule has 2 heterocycles. The van der Waals surface area contributed by atoms with Gasteiger partial charge in [0.15, 0.2) is 0 Å². The van der Waals surface area contributed by atoms with Gasteiger partial charge in [0.2, 0.25) is 0 Å². The van der Waals surface area contributed by atoms with Crippen molar-refractivity contribution in [2.45, 2.75) is 25.9 Å². The van der Waals surface area contributed by atoms with Gasteiger partial charge in [0.1, 0.15) is 5.82 Å². The summed E-state index contributed by atoms with van der Waals surface area (Å²) in [6, 6.07) is 11.2. The molecule has 2 amide bonds. The molecule has 1 aliphatic rings. The van der Waals surface area contributed by atoms with E-state index < -0.39 is 17.8 Å². The molecule has 8 heteroatoms. The Labute approximate surface area is 171 Å². The first-order valence-corrected chi connectivity index (χ1v) is 9.71. The molecule has 0 unspecified atom stereocenters. The van der Waals surface area contributed by atoms with E-state index in [9.17, 15) is 18.0 Å². The molecular formula is C22H21F3N4O. The zero-order valence-electron chi connectivity index (χ0n) is 16.4. The van der Waals surface area contributed by atoms with Crippen molar-refractivity contribution in [2.24, 2.45) is 0 Å². The summed E-state index contributed by atoms with van der Waals surface area (Å²) >= 11 is 0. The normalized spacial score (nSPS) is 14.2. The lowest BCUT2D eigenvalue weighted by Crippen LogP contribution is -2.20. The molecule has 5 nitrogen and oxygen atoms in total. The van der Waals surface area contributed by atoms with Crippen molar-refractivity contribution in [1.82, 2.24) is 4.98 Å². The number of nitrogens with zero attached hydrogens (tertiary/aromatic N) is 2. The van der Waals surface area contributed by atoms with E-state index >= 15 is 0 Å². The van der Waals surface area contributed by atoms with Crippen molar-refractivity contribution in [3.8, 4) is 0 Å². The van der Waals surface area contributed by atoms with Gasteiger partial charge in [-0.25, -0.2) is 9.78 Å². The summed E-state index contributed by atoms with van der Waals surface area (Å²) in [5.41, 5.74) is 2.00. The number of hydrogen-bond donors (Lipinski definition) is 2. The van der Waals surface area contributed by atoms with E-state index in [0.717, 1.165) is 47.5 Å². The number of aryl methyl sites for hydroxylation is 1. The quantitative estimate of drug-likeness (QED) is 0.569. The third kappa shape index (κ3) is 4.32. The summed E-state index contributed by atoms with van der Waals surface area (Å²) in [6.07, 6.45) is -2.06. The number of anilines is 3. The van der Waals surface area contributed by atoms with Crippen LogP contribution in [0.5, 0.6) is 0 Å². The van der Waals surface area contributed by atoms with E-state index in [2.05, 4.69) is 21.6 Å². The van der Waals surface area contributed by atoms with Gasteiger partial charge in [0.25, 0.3) is 0 Å². The van der Waals surface area contributed by atoms with Crippen LogP contribution in [0.2, 0.25) is 0 Å². The maximum atomic E-state index is 12.6. The van der Waals surface area contributed by atoms with E-state index in [0.29, 0.717) is 5.69 Å². The van der Waals surface area contributed by atoms with Crippen LogP contribution in [0.15, 0.2) is 48.5 Å².